The van der Waals surface area contributed by atoms with Gasteiger partial charge in [-0.3, -0.25) is 9.55 Å². The van der Waals surface area contributed by atoms with Crippen molar-refractivity contribution in [3.63, 3.8) is 0 Å². The van der Waals surface area contributed by atoms with Crippen molar-refractivity contribution in [3.05, 3.63) is 84.1 Å². The Morgan fingerprint density at radius 3 is 2.70 bits per heavy atom. The Morgan fingerprint density at radius 2 is 1.91 bits per heavy atom. The number of benzene rings is 1. The van der Waals surface area contributed by atoms with Crippen molar-refractivity contribution in [2.24, 2.45) is 0 Å². The highest BCUT2D eigenvalue weighted by atomic mass is 16.2. The molecule has 0 atom stereocenters. The van der Waals surface area contributed by atoms with E-state index in [9.17, 15) is 5.11 Å². The maximum atomic E-state index is 9.53. The Bertz CT molecular complexity index is 1430. The molecule has 1 aromatic carbocycles. The van der Waals surface area contributed by atoms with E-state index in [1.165, 1.54) is 0 Å². The van der Waals surface area contributed by atoms with Crippen molar-refractivity contribution >= 4 is 22.5 Å². The van der Waals surface area contributed by atoms with Gasteiger partial charge in [0.15, 0.2) is 5.82 Å². The van der Waals surface area contributed by atoms with Crippen molar-refractivity contribution in [2.45, 2.75) is 20.3 Å². The molecule has 5 rings (SSSR count). The molecule has 0 bridgehead atoms. The average Bonchev–Trinajstić information content (AvgIpc) is 3.25. The molecule has 0 amide bonds. The lowest BCUT2D eigenvalue weighted by Crippen LogP contribution is -2.03. The highest BCUT2D eigenvalue weighted by molar-refractivity contribution is 5.82. The molecule has 164 valence electrons. The summed E-state index contributed by atoms with van der Waals surface area (Å²) in [5.74, 6) is 1.44. The number of anilines is 2. The molecule has 4 heterocycles. The quantitative estimate of drug-likeness (QED) is 0.411. The van der Waals surface area contributed by atoms with E-state index in [2.05, 4.69) is 25.5 Å². The Balaban J connectivity index is 1.53. The predicted octanol–water partition coefficient (Wildman–Crippen LogP) is 4.17. The molecule has 0 aliphatic carbocycles. The first kappa shape index (κ1) is 20.7. The lowest BCUT2D eigenvalue weighted by Gasteiger charge is -2.13. The summed E-state index contributed by atoms with van der Waals surface area (Å²) in [6.45, 7) is 3.98. The van der Waals surface area contributed by atoms with Gasteiger partial charge in [-0.2, -0.15) is 5.10 Å². The van der Waals surface area contributed by atoms with Gasteiger partial charge in [0, 0.05) is 30.3 Å². The standard InChI is InChI=1S/C25H23N7O/c1-16-14-26-11-9-20(16)25-18(10-12-33)4-8-24(29-25)32-15-27-21-13-19(5-6-22(21)32)28-23-7-3-17(2)30-31-23/h3-9,11,13-15,33H,10,12H2,1-2H3,(H,28,31). The van der Waals surface area contributed by atoms with Gasteiger partial charge in [0.25, 0.3) is 0 Å². The minimum atomic E-state index is 0.0628. The molecule has 0 aliphatic heterocycles. The molecular formula is C25H23N7O. The summed E-state index contributed by atoms with van der Waals surface area (Å²) in [4.78, 5) is 13.7. The molecule has 0 saturated carbocycles. The van der Waals surface area contributed by atoms with Crippen LogP contribution in [0.5, 0.6) is 0 Å². The van der Waals surface area contributed by atoms with Crippen molar-refractivity contribution < 1.29 is 5.11 Å². The molecule has 0 saturated heterocycles. The monoisotopic (exact) mass is 437 g/mol. The van der Waals surface area contributed by atoms with Gasteiger partial charge in [0.2, 0.25) is 0 Å². The third-order valence-electron chi connectivity index (χ3n) is 5.49. The molecule has 5 aromatic rings. The van der Waals surface area contributed by atoms with Crippen LogP contribution in [0.4, 0.5) is 11.5 Å². The summed E-state index contributed by atoms with van der Waals surface area (Å²) in [7, 11) is 0. The smallest absolute Gasteiger partial charge is 0.153 e. The number of aromatic nitrogens is 6. The number of nitrogens with zero attached hydrogens (tertiary/aromatic N) is 6. The van der Waals surface area contributed by atoms with E-state index in [0.717, 1.165) is 50.6 Å². The third kappa shape index (κ3) is 4.16. The molecule has 33 heavy (non-hydrogen) atoms. The molecule has 4 aromatic heterocycles. The molecule has 0 aliphatic rings. The van der Waals surface area contributed by atoms with Crippen LogP contribution in [0.2, 0.25) is 0 Å². The van der Waals surface area contributed by atoms with Gasteiger partial charge in [-0.25, -0.2) is 9.97 Å². The van der Waals surface area contributed by atoms with E-state index < -0.39 is 0 Å². The number of hydrogen-bond acceptors (Lipinski definition) is 7. The minimum Gasteiger partial charge on any atom is -0.396 e. The van der Waals surface area contributed by atoms with Crippen molar-refractivity contribution in [3.8, 4) is 17.1 Å². The van der Waals surface area contributed by atoms with Gasteiger partial charge in [-0.15, -0.1) is 5.10 Å². The minimum absolute atomic E-state index is 0.0628. The second kappa shape index (κ2) is 8.76. The Labute approximate surface area is 191 Å². The zero-order valence-electron chi connectivity index (χ0n) is 18.4. The number of hydrogen-bond donors (Lipinski definition) is 2. The number of aliphatic hydroxyl groups excluding tert-OH is 1. The third-order valence-corrected chi connectivity index (χ3v) is 5.49. The van der Waals surface area contributed by atoms with Crippen molar-refractivity contribution in [1.29, 1.82) is 0 Å². The fourth-order valence-electron chi connectivity index (χ4n) is 3.79. The molecular weight excluding hydrogens is 414 g/mol. The molecule has 0 radical (unpaired) electrons. The van der Waals surface area contributed by atoms with Gasteiger partial charge in [0.1, 0.15) is 12.1 Å². The maximum absolute atomic E-state index is 9.53. The first-order valence-corrected chi connectivity index (χ1v) is 10.7. The number of pyridine rings is 2. The number of imidazole rings is 1. The van der Waals surface area contributed by atoms with Crippen LogP contribution in [-0.4, -0.2) is 41.4 Å². The maximum Gasteiger partial charge on any atom is 0.153 e. The fourth-order valence-corrected chi connectivity index (χ4v) is 3.79. The first-order chi connectivity index (χ1) is 16.1. The largest absolute Gasteiger partial charge is 0.396 e. The van der Waals surface area contributed by atoms with Crippen LogP contribution < -0.4 is 5.32 Å². The summed E-state index contributed by atoms with van der Waals surface area (Å²) < 4.78 is 1.97. The second-order valence-electron chi connectivity index (χ2n) is 7.84. The van der Waals surface area contributed by atoms with Gasteiger partial charge in [-0.1, -0.05) is 6.07 Å². The summed E-state index contributed by atoms with van der Waals surface area (Å²) in [6, 6.07) is 15.7. The highest BCUT2D eigenvalue weighted by Gasteiger charge is 2.13. The van der Waals surface area contributed by atoms with Gasteiger partial charge >= 0.3 is 0 Å². The van der Waals surface area contributed by atoms with E-state index in [-0.39, 0.29) is 6.61 Å². The molecule has 0 unspecified atom stereocenters. The van der Waals surface area contributed by atoms with Crippen LogP contribution in [0.25, 0.3) is 28.1 Å². The number of nitrogens with one attached hydrogen (secondary N) is 1. The van der Waals surface area contributed by atoms with Crippen LogP contribution in [0, 0.1) is 13.8 Å². The summed E-state index contributed by atoms with van der Waals surface area (Å²) in [6.07, 6.45) is 5.90. The second-order valence-corrected chi connectivity index (χ2v) is 7.84. The zero-order valence-corrected chi connectivity index (χ0v) is 18.4. The first-order valence-electron chi connectivity index (χ1n) is 10.7. The predicted molar refractivity (Wildman–Crippen MR) is 128 cm³/mol. The number of aliphatic hydroxyl groups is 1. The average molecular weight is 438 g/mol. The molecule has 0 spiro atoms. The van der Waals surface area contributed by atoms with E-state index >= 15 is 0 Å². The Kier molecular flexibility index (Phi) is 5.50. The van der Waals surface area contributed by atoms with E-state index in [1.54, 1.807) is 12.5 Å². The van der Waals surface area contributed by atoms with E-state index in [1.807, 2.05) is 73.1 Å². The summed E-state index contributed by atoms with van der Waals surface area (Å²) in [5, 5.41) is 21.0. The molecule has 8 heteroatoms. The lowest BCUT2D eigenvalue weighted by atomic mass is 10.0. The highest BCUT2D eigenvalue weighted by Crippen LogP contribution is 2.28. The van der Waals surface area contributed by atoms with Crippen LogP contribution >= 0.6 is 0 Å². The van der Waals surface area contributed by atoms with Crippen molar-refractivity contribution in [1.82, 2.24) is 29.7 Å². The summed E-state index contributed by atoms with van der Waals surface area (Å²) >= 11 is 0. The number of rotatable bonds is 6. The topological polar surface area (TPSA) is 102 Å². The Morgan fingerprint density at radius 1 is 1.00 bits per heavy atom. The SMILES string of the molecule is Cc1ccc(Nc2ccc3c(c2)ncn3-c2ccc(CCO)c(-c3ccncc3C)n2)nn1. The normalized spacial score (nSPS) is 11.1. The zero-order chi connectivity index (χ0) is 22.8. The molecule has 8 nitrogen and oxygen atoms in total. The van der Waals surface area contributed by atoms with Crippen LogP contribution in [0.3, 0.4) is 0 Å². The van der Waals surface area contributed by atoms with Gasteiger partial charge in [0.05, 0.1) is 22.4 Å². The van der Waals surface area contributed by atoms with E-state index in [4.69, 9.17) is 4.98 Å². The fraction of sp³-hybridized carbons (Fsp3) is 0.160. The van der Waals surface area contributed by atoms with Crippen LogP contribution in [0.1, 0.15) is 16.8 Å². The number of aryl methyl sites for hydroxylation is 2. The molecule has 0 fully saturated rings. The van der Waals surface area contributed by atoms with Crippen LogP contribution in [0.15, 0.2) is 67.3 Å². The van der Waals surface area contributed by atoms with Gasteiger partial charge in [-0.05, 0) is 73.9 Å². The van der Waals surface area contributed by atoms with Gasteiger partial charge < -0.3 is 10.4 Å². The van der Waals surface area contributed by atoms with Crippen molar-refractivity contribution in [2.75, 3.05) is 11.9 Å². The van der Waals surface area contributed by atoms with E-state index in [0.29, 0.717) is 12.2 Å². The van der Waals surface area contributed by atoms with Crippen LogP contribution in [-0.2, 0) is 6.42 Å². The Hall–Kier alpha value is -4.17. The number of fused-ring (bicyclic) bond motifs is 1. The molecule has 2 N–H and O–H groups in total. The lowest BCUT2D eigenvalue weighted by molar-refractivity contribution is 0.299. The summed E-state index contributed by atoms with van der Waals surface area (Å²) in [5.41, 5.74) is 7.40.